The third-order valence-electron chi connectivity index (χ3n) is 5.20. The van der Waals surface area contributed by atoms with Crippen molar-refractivity contribution in [2.24, 2.45) is 5.92 Å². The zero-order valence-electron chi connectivity index (χ0n) is 17.6. The summed E-state index contributed by atoms with van der Waals surface area (Å²) in [5.74, 6) is -2.17. The fraction of sp³-hybridized carbons (Fsp3) is 0.450. The molecule has 0 amide bonds. The number of nitrogens with one attached hydrogen (secondary N) is 1. The van der Waals surface area contributed by atoms with Gasteiger partial charge in [0.25, 0.3) is 0 Å². The van der Waals surface area contributed by atoms with Crippen molar-refractivity contribution in [3.63, 3.8) is 0 Å². The van der Waals surface area contributed by atoms with Crippen molar-refractivity contribution in [2.75, 3.05) is 29.9 Å². The number of piperidine rings is 1. The van der Waals surface area contributed by atoms with Crippen LogP contribution >= 0.6 is 0 Å². The summed E-state index contributed by atoms with van der Waals surface area (Å²) >= 11 is 0. The molecule has 0 radical (unpaired) electrons. The molecule has 13 heteroatoms. The predicted octanol–water partition coefficient (Wildman–Crippen LogP) is 3.93. The standard InChI is InChI=1S/C20H21F4N5O4/c1-2-33-19(30)13-5-7-28(8-6-13)18-16(29(31)32)17(26-11-27-18)25-10-12-3-4-15(21)14(9-12)20(22,23)24/h3-4,9,11,13H,2,5-8,10H2,1H3,(H,25,26,27). The molecule has 0 aliphatic carbocycles. The fourth-order valence-electron chi connectivity index (χ4n) is 3.57. The Morgan fingerprint density at radius 2 is 2.00 bits per heavy atom. The van der Waals surface area contributed by atoms with Gasteiger partial charge in [0.05, 0.1) is 23.0 Å². The Morgan fingerprint density at radius 1 is 1.30 bits per heavy atom. The smallest absolute Gasteiger partial charge is 0.419 e. The van der Waals surface area contributed by atoms with Crippen molar-refractivity contribution in [1.29, 1.82) is 0 Å². The van der Waals surface area contributed by atoms with E-state index in [4.69, 9.17) is 4.74 Å². The van der Waals surface area contributed by atoms with Crippen LogP contribution in [-0.2, 0) is 22.3 Å². The van der Waals surface area contributed by atoms with Crippen LogP contribution in [0.15, 0.2) is 24.5 Å². The van der Waals surface area contributed by atoms with E-state index >= 15 is 0 Å². The van der Waals surface area contributed by atoms with Gasteiger partial charge >= 0.3 is 17.8 Å². The van der Waals surface area contributed by atoms with E-state index in [-0.39, 0.29) is 42.2 Å². The third-order valence-corrected chi connectivity index (χ3v) is 5.20. The molecule has 3 rings (SSSR count). The van der Waals surface area contributed by atoms with E-state index in [2.05, 4.69) is 15.3 Å². The highest BCUT2D eigenvalue weighted by Crippen LogP contribution is 2.35. The molecule has 1 saturated heterocycles. The van der Waals surface area contributed by atoms with Crippen molar-refractivity contribution in [1.82, 2.24) is 9.97 Å². The molecule has 0 bridgehead atoms. The normalized spacial score (nSPS) is 14.8. The first-order chi connectivity index (χ1) is 15.6. The van der Waals surface area contributed by atoms with Gasteiger partial charge in [0.15, 0.2) is 0 Å². The van der Waals surface area contributed by atoms with E-state index in [1.165, 1.54) is 0 Å². The number of alkyl halides is 3. The molecule has 9 nitrogen and oxygen atoms in total. The maximum atomic E-state index is 13.5. The number of anilines is 2. The van der Waals surface area contributed by atoms with Crippen LogP contribution in [0.3, 0.4) is 0 Å². The van der Waals surface area contributed by atoms with E-state index in [0.29, 0.717) is 38.1 Å². The fourth-order valence-corrected chi connectivity index (χ4v) is 3.57. The summed E-state index contributed by atoms with van der Waals surface area (Å²) in [5.41, 5.74) is -1.80. The second-order valence-electron chi connectivity index (χ2n) is 7.33. The highest BCUT2D eigenvalue weighted by atomic mass is 19.4. The van der Waals surface area contributed by atoms with Gasteiger partial charge in [0.2, 0.25) is 11.6 Å². The minimum absolute atomic E-state index is 0.0369. The summed E-state index contributed by atoms with van der Waals surface area (Å²) in [6.07, 6.45) is -2.91. The number of halogens is 4. The second kappa shape index (κ2) is 9.96. The molecule has 1 aromatic carbocycles. The molecule has 0 atom stereocenters. The Bertz CT molecular complexity index is 1030. The summed E-state index contributed by atoms with van der Waals surface area (Å²) in [6.45, 7) is 2.37. The van der Waals surface area contributed by atoms with Gasteiger partial charge < -0.3 is 15.0 Å². The van der Waals surface area contributed by atoms with Crippen LogP contribution in [0.4, 0.5) is 34.9 Å². The number of nitrogens with zero attached hydrogens (tertiary/aromatic N) is 4. The number of hydrogen-bond acceptors (Lipinski definition) is 8. The lowest BCUT2D eigenvalue weighted by atomic mass is 9.97. The molecule has 1 aliphatic heterocycles. The van der Waals surface area contributed by atoms with Crippen LogP contribution in [0.2, 0.25) is 0 Å². The van der Waals surface area contributed by atoms with Crippen LogP contribution < -0.4 is 10.2 Å². The number of esters is 1. The van der Waals surface area contributed by atoms with Crippen LogP contribution in [0, 0.1) is 21.8 Å². The van der Waals surface area contributed by atoms with E-state index < -0.39 is 28.2 Å². The number of carbonyl (C=O) groups is 1. The summed E-state index contributed by atoms with van der Waals surface area (Å²) < 4.78 is 57.3. The molecule has 2 heterocycles. The van der Waals surface area contributed by atoms with Gasteiger partial charge in [-0.3, -0.25) is 14.9 Å². The van der Waals surface area contributed by atoms with Crippen molar-refractivity contribution >= 4 is 23.3 Å². The number of rotatable bonds is 7. The third kappa shape index (κ3) is 5.65. The highest BCUT2D eigenvalue weighted by Gasteiger charge is 2.35. The van der Waals surface area contributed by atoms with Crippen molar-refractivity contribution in [2.45, 2.75) is 32.5 Å². The van der Waals surface area contributed by atoms with E-state index in [0.717, 1.165) is 12.4 Å². The number of benzene rings is 1. The lowest BCUT2D eigenvalue weighted by molar-refractivity contribution is -0.383. The quantitative estimate of drug-likeness (QED) is 0.280. The number of aromatic nitrogens is 2. The monoisotopic (exact) mass is 471 g/mol. The predicted molar refractivity (Wildman–Crippen MR) is 109 cm³/mol. The summed E-state index contributed by atoms with van der Waals surface area (Å²) in [5, 5.41) is 14.4. The minimum Gasteiger partial charge on any atom is -0.466 e. The maximum Gasteiger partial charge on any atom is 0.419 e. The molecule has 1 aliphatic rings. The Morgan fingerprint density at radius 3 is 2.61 bits per heavy atom. The largest absolute Gasteiger partial charge is 0.466 e. The minimum atomic E-state index is -4.87. The van der Waals surface area contributed by atoms with E-state index in [1.54, 1.807) is 11.8 Å². The average molecular weight is 471 g/mol. The van der Waals surface area contributed by atoms with Crippen molar-refractivity contribution < 1.29 is 32.0 Å². The first kappa shape index (κ1) is 24.1. The second-order valence-corrected chi connectivity index (χ2v) is 7.33. The first-order valence-corrected chi connectivity index (χ1v) is 10.1. The molecule has 178 valence electrons. The molecular formula is C20H21F4N5O4. The lowest BCUT2D eigenvalue weighted by Gasteiger charge is -2.31. The van der Waals surface area contributed by atoms with Gasteiger partial charge in [-0.2, -0.15) is 13.2 Å². The maximum absolute atomic E-state index is 13.5. The van der Waals surface area contributed by atoms with E-state index in [1.807, 2.05) is 0 Å². The molecule has 0 unspecified atom stereocenters. The molecular weight excluding hydrogens is 450 g/mol. The van der Waals surface area contributed by atoms with Gasteiger partial charge in [-0.25, -0.2) is 14.4 Å². The number of hydrogen-bond donors (Lipinski definition) is 1. The Kier molecular flexibility index (Phi) is 7.29. The van der Waals surface area contributed by atoms with Crippen molar-refractivity contribution in [3.05, 3.63) is 51.6 Å². The van der Waals surface area contributed by atoms with Gasteiger partial charge in [-0.1, -0.05) is 6.07 Å². The lowest BCUT2D eigenvalue weighted by Crippen LogP contribution is -2.37. The zero-order valence-corrected chi connectivity index (χ0v) is 17.6. The van der Waals surface area contributed by atoms with Crippen LogP contribution in [0.25, 0.3) is 0 Å². The van der Waals surface area contributed by atoms with Gasteiger partial charge in [0, 0.05) is 19.6 Å². The molecule has 33 heavy (non-hydrogen) atoms. The Hall–Kier alpha value is -3.51. The van der Waals surface area contributed by atoms with Crippen LogP contribution in [0.5, 0.6) is 0 Å². The molecule has 1 aromatic heterocycles. The number of ether oxygens (including phenoxy) is 1. The first-order valence-electron chi connectivity index (χ1n) is 10.1. The Labute approximate surface area is 185 Å². The summed E-state index contributed by atoms with van der Waals surface area (Å²) in [7, 11) is 0. The topological polar surface area (TPSA) is 110 Å². The highest BCUT2D eigenvalue weighted by molar-refractivity contribution is 5.74. The van der Waals surface area contributed by atoms with Gasteiger partial charge in [-0.15, -0.1) is 0 Å². The molecule has 1 N–H and O–H groups in total. The summed E-state index contributed by atoms with van der Waals surface area (Å²) in [4.78, 5) is 32.6. The zero-order chi connectivity index (χ0) is 24.2. The van der Waals surface area contributed by atoms with Crippen molar-refractivity contribution in [3.8, 4) is 0 Å². The summed E-state index contributed by atoms with van der Waals surface area (Å²) in [6, 6.07) is 2.47. The molecule has 0 spiro atoms. The Balaban J connectivity index is 1.78. The van der Waals surface area contributed by atoms with Crippen LogP contribution in [0.1, 0.15) is 30.9 Å². The molecule has 0 saturated carbocycles. The van der Waals surface area contributed by atoms with E-state index in [9.17, 15) is 32.5 Å². The number of nitro groups is 1. The number of carbonyl (C=O) groups excluding carboxylic acids is 1. The SMILES string of the molecule is CCOC(=O)C1CCN(c2ncnc(NCc3ccc(F)c(C(F)(F)F)c3)c2[N+](=O)[O-])CC1. The van der Waals surface area contributed by atoms with Crippen LogP contribution in [-0.4, -0.2) is 40.6 Å². The average Bonchev–Trinajstić information content (AvgIpc) is 2.77. The molecule has 1 fully saturated rings. The molecule has 2 aromatic rings. The van der Waals surface area contributed by atoms with Gasteiger partial charge in [0.1, 0.15) is 12.1 Å². The van der Waals surface area contributed by atoms with Gasteiger partial charge in [-0.05, 0) is 37.5 Å².